The highest BCUT2D eigenvalue weighted by Crippen LogP contribution is 2.16. The van der Waals surface area contributed by atoms with Crippen LogP contribution in [0.2, 0.25) is 0 Å². The van der Waals surface area contributed by atoms with Crippen LogP contribution in [0.25, 0.3) is 0 Å². The molecule has 0 fully saturated rings. The molecule has 270 valence electrons. The van der Waals surface area contributed by atoms with Crippen molar-refractivity contribution in [3.8, 4) is 0 Å². The first-order valence-corrected chi connectivity index (χ1v) is 20.3. The van der Waals surface area contributed by atoms with Gasteiger partial charge >= 0.3 is 0 Å². The Bertz CT molecular complexity index is 587. The Balaban J connectivity index is 3.61. The van der Waals surface area contributed by atoms with Crippen LogP contribution in [0.15, 0.2) is 0 Å². The van der Waals surface area contributed by atoms with Crippen LogP contribution in [0, 0.1) is 0 Å². The Morgan fingerprint density at radius 3 is 1.07 bits per heavy atom. The van der Waals surface area contributed by atoms with Crippen LogP contribution in [-0.4, -0.2) is 46.1 Å². The molecule has 45 heavy (non-hydrogen) atoms. The molecule has 1 amide bonds. The zero-order valence-corrected chi connectivity index (χ0v) is 30.5. The van der Waals surface area contributed by atoms with Crippen molar-refractivity contribution in [2.24, 2.45) is 0 Å². The summed E-state index contributed by atoms with van der Waals surface area (Å²) in [6.45, 7) is 4.18. The summed E-state index contributed by atoms with van der Waals surface area (Å²) in [5, 5.41) is 33.4. The highest BCUT2D eigenvalue weighted by molar-refractivity contribution is 5.76. The van der Waals surface area contributed by atoms with E-state index in [-0.39, 0.29) is 12.5 Å². The van der Waals surface area contributed by atoms with Gasteiger partial charge < -0.3 is 20.6 Å². The topological polar surface area (TPSA) is 89.8 Å². The summed E-state index contributed by atoms with van der Waals surface area (Å²) < 4.78 is 0. The lowest BCUT2D eigenvalue weighted by atomic mass is 9.99. The van der Waals surface area contributed by atoms with E-state index < -0.39 is 18.2 Å². The third kappa shape index (κ3) is 31.7. The number of carbonyl (C=O) groups excluding carboxylic acids is 1. The molecule has 0 rings (SSSR count). The summed E-state index contributed by atoms with van der Waals surface area (Å²) in [7, 11) is 0. The fourth-order valence-corrected chi connectivity index (χ4v) is 6.52. The lowest BCUT2D eigenvalue weighted by molar-refractivity contribution is -0.124. The minimum atomic E-state index is -1.13. The molecule has 0 bridgehead atoms. The van der Waals surface area contributed by atoms with E-state index >= 15 is 0 Å². The van der Waals surface area contributed by atoms with Crippen molar-refractivity contribution in [3.05, 3.63) is 0 Å². The van der Waals surface area contributed by atoms with E-state index in [0.29, 0.717) is 12.8 Å². The van der Waals surface area contributed by atoms with Crippen molar-refractivity contribution < 1.29 is 20.1 Å². The Hall–Kier alpha value is -0.650. The molecule has 0 aromatic carbocycles. The van der Waals surface area contributed by atoms with Crippen molar-refractivity contribution in [1.29, 1.82) is 0 Å². The molecule has 0 aliphatic rings. The van der Waals surface area contributed by atoms with Crippen LogP contribution in [-0.2, 0) is 4.79 Å². The third-order valence-electron chi connectivity index (χ3n) is 9.71. The number of aliphatic hydroxyl groups is 3. The molecule has 0 aliphatic heterocycles. The smallest absolute Gasteiger partial charge is 0.220 e. The number of rotatable bonds is 37. The van der Waals surface area contributed by atoms with Gasteiger partial charge in [-0.3, -0.25) is 4.79 Å². The van der Waals surface area contributed by atoms with Gasteiger partial charge in [-0.05, 0) is 12.8 Å². The Kier molecular flexibility index (Phi) is 35.7. The van der Waals surface area contributed by atoms with Gasteiger partial charge in [-0.15, -0.1) is 0 Å². The number of carbonyl (C=O) groups is 1. The molecule has 0 spiro atoms. The van der Waals surface area contributed by atoms with Gasteiger partial charge in [-0.1, -0.05) is 206 Å². The number of hydrogen-bond acceptors (Lipinski definition) is 4. The second kappa shape index (κ2) is 36.2. The molecule has 4 N–H and O–H groups in total. The standard InChI is InChI=1S/C40H81NO4/c1-3-5-7-9-11-13-15-17-19-20-21-23-25-27-29-31-33-35-39(44)41-37(36-42)40(45)38(43)34-32-30-28-26-24-22-18-16-14-12-10-8-6-4-2/h37-38,40,42-43,45H,3-36H2,1-2H3,(H,41,44). The average molecular weight is 640 g/mol. The van der Waals surface area contributed by atoms with Gasteiger partial charge in [-0.25, -0.2) is 0 Å². The van der Waals surface area contributed by atoms with Crippen LogP contribution >= 0.6 is 0 Å². The van der Waals surface area contributed by atoms with E-state index in [1.54, 1.807) is 0 Å². The molecule has 0 aromatic heterocycles. The van der Waals surface area contributed by atoms with Gasteiger partial charge in [0.2, 0.25) is 5.91 Å². The monoisotopic (exact) mass is 640 g/mol. The third-order valence-corrected chi connectivity index (χ3v) is 9.71. The van der Waals surface area contributed by atoms with Crippen LogP contribution in [0.3, 0.4) is 0 Å². The lowest BCUT2D eigenvalue weighted by Gasteiger charge is -2.26. The van der Waals surface area contributed by atoms with Gasteiger partial charge in [0.1, 0.15) is 6.10 Å². The second-order valence-corrected chi connectivity index (χ2v) is 14.2. The van der Waals surface area contributed by atoms with Crippen LogP contribution in [0.5, 0.6) is 0 Å². The van der Waals surface area contributed by atoms with Crippen molar-refractivity contribution in [3.63, 3.8) is 0 Å². The first kappa shape index (κ1) is 44.4. The molecule has 0 heterocycles. The highest BCUT2D eigenvalue weighted by atomic mass is 16.3. The highest BCUT2D eigenvalue weighted by Gasteiger charge is 2.26. The minimum Gasteiger partial charge on any atom is -0.394 e. The van der Waals surface area contributed by atoms with Crippen molar-refractivity contribution in [2.45, 2.75) is 244 Å². The van der Waals surface area contributed by atoms with Gasteiger partial charge in [0.25, 0.3) is 0 Å². The molecule has 5 nitrogen and oxygen atoms in total. The number of aliphatic hydroxyl groups excluding tert-OH is 3. The SMILES string of the molecule is CCCCCCCCCCCCCCCCCCCC(=O)NC(CO)C(O)C(O)CCCCCCCCCCCCCCCC. The maximum absolute atomic E-state index is 12.4. The Morgan fingerprint density at radius 2 is 0.756 bits per heavy atom. The summed E-state index contributed by atoms with van der Waals surface area (Å²) in [4.78, 5) is 12.4. The maximum atomic E-state index is 12.4. The van der Waals surface area contributed by atoms with Gasteiger partial charge in [-0.2, -0.15) is 0 Å². The Labute approximate surface area is 281 Å². The molecule has 0 saturated heterocycles. The van der Waals surface area contributed by atoms with E-state index in [2.05, 4.69) is 19.2 Å². The quantitative estimate of drug-likeness (QED) is 0.0509. The zero-order valence-electron chi connectivity index (χ0n) is 30.5. The van der Waals surface area contributed by atoms with E-state index in [1.165, 1.54) is 167 Å². The molecule has 3 unspecified atom stereocenters. The Morgan fingerprint density at radius 1 is 0.467 bits per heavy atom. The predicted octanol–water partition coefficient (Wildman–Crippen LogP) is 11.1. The number of hydrogen-bond donors (Lipinski definition) is 4. The van der Waals surface area contributed by atoms with Gasteiger partial charge in [0.15, 0.2) is 0 Å². The molecular weight excluding hydrogens is 558 g/mol. The number of nitrogens with one attached hydrogen (secondary N) is 1. The molecular formula is C40H81NO4. The number of unbranched alkanes of at least 4 members (excludes halogenated alkanes) is 29. The molecule has 3 atom stereocenters. The predicted molar refractivity (Wildman–Crippen MR) is 195 cm³/mol. The number of amides is 1. The lowest BCUT2D eigenvalue weighted by Crippen LogP contribution is -2.50. The summed E-state index contributed by atoms with van der Waals surface area (Å²) in [5.41, 5.74) is 0. The maximum Gasteiger partial charge on any atom is 0.220 e. The molecule has 0 radical (unpaired) electrons. The van der Waals surface area contributed by atoms with Crippen molar-refractivity contribution in [1.82, 2.24) is 5.32 Å². The fraction of sp³-hybridized carbons (Fsp3) is 0.975. The van der Waals surface area contributed by atoms with Crippen LogP contribution in [0.4, 0.5) is 0 Å². The van der Waals surface area contributed by atoms with Gasteiger partial charge in [0, 0.05) is 6.42 Å². The summed E-state index contributed by atoms with van der Waals surface area (Å²) >= 11 is 0. The first-order valence-electron chi connectivity index (χ1n) is 20.3. The minimum absolute atomic E-state index is 0.141. The van der Waals surface area contributed by atoms with E-state index in [9.17, 15) is 20.1 Å². The second-order valence-electron chi connectivity index (χ2n) is 14.2. The van der Waals surface area contributed by atoms with E-state index in [1.807, 2.05) is 0 Å². The van der Waals surface area contributed by atoms with Crippen LogP contribution in [0.1, 0.15) is 226 Å². The summed E-state index contributed by atoms with van der Waals surface area (Å²) in [6, 6.07) is -0.801. The van der Waals surface area contributed by atoms with Gasteiger partial charge in [0.05, 0.1) is 18.8 Å². The molecule has 5 heteroatoms. The first-order chi connectivity index (χ1) is 22.1. The normalized spacial score (nSPS) is 13.6. The summed E-state index contributed by atoms with van der Waals surface area (Å²) in [6.07, 6.45) is 39.1. The average Bonchev–Trinajstić information content (AvgIpc) is 3.04. The fourth-order valence-electron chi connectivity index (χ4n) is 6.52. The van der Waals surface area contributed by atoms with E-state index in [0.717, 1.165) is 32.1 Å². The van der Waals surface area contributed by atoms with Crippen LogP contribution < -0.4 is 5.32 Å². The molecule has 0 aromatic rings. The molecule has 0 aliphatic carbocycles. The molecule has 0 saturated carbocycles. The zero-order chi connectivity index (χ0) is 33.1. The van der Waals surface area contributed by atoms with E-state index in [4.69, 9.17) is 0 Å². The van der Waals surface area contributed by atoms with Crippen molar-refractivity contribution >= 4 is 5.91 Å². The van der Waals surface area contributed by atoms with Crippen molar-refractivity contribution in [2.75, 3.05) is 6.61 Å². The summed E-state index contributed by atoms with van der Waals surface area (Å²) in [5.74, 6) is -0.141. The largest absolute Gasteiger partial charge is 0.394 e.